The molecule has 0 aromatic carbocycles. The fourth-order valence-corrected chi connectivity index (χ4v) is 2.64. The van der Waals surface area contributed by atoms with Crippen LogP contribution < -0.4 is 0 Å². The Bertz CT molecular complexity index is 260. The largest absolute Gasteiger partial charge is 0.481 e. The zero-order valence-corrected chi connectivity index (χ0v) is 14.7. The Balaban J connectivity index is 0.000000459. The third-order valence-corrected chi connectivity index (χ3v) is 4.10. The lowest BCUT2D eigenvalue weighted by molar-refractivity contribution is -0.137. The lowest BCUT2D eigenvalue weighted by atomic mass is 10.1. The van der Waals surface area contributed by atoms with Gasteiger partial charge in [0.05, 0.1) is 25.4 Å². The van der Waals surface area contributed by atoms with Crippen molar-refractivity contribution < 1.29 is 24.9 Å². The molecule has 3 N–H and O–H groups in total. The molecular weight excluding hydrogens is 296 g/mol. The smallest absolute Gasteiger partial charge is 0.303 e. The molecule has 2 unspecified atom stereocenters. The second kappa shape index (κ2) is 16.2. The number of aliphatic hydroxyl groups is 2. The molecule has 0 spiro atoms. The summed E-state index contributed by atoms with van der Waals surface area (Å²) in [5.41, 5.74) is 0. The van der Waals surface area contributed by atoms with Crippen LogP contribution in [0.1, 0.15) is 84.0 Å². The maximum Gasteiger partial charge on any atom is 0.303 e. The van der Waals surface area contributed by atoms with Crippen LogP contribution >= 0.6 is 0 Å². The number of aliphatic carboxylic acids is 1. The summed E-state index contributed by atoms with van der Waals surface area (Å²) in [6.45, 7) is 2.39. The molecule has 1 aliphatic heterocycles. The van der Waals surface area contributed by atoms with Crippen molar-refractivity contribution in [2.45, 2.75) is 96.2 Å². The highest BCUT2D eigenvalue weighted by Gasteiger charge is 2.23. The van der Waals surface area contributed by atoms with Crippen molar-refractivity contribution in [3.63, 3.8) is 0 Å². The van der Waals surface area contributed by atoms with E-state index in [9.17, 15) is 4.79 Å². The van der Waals surface area contributed by atoms with Crippen molar-refractivity contribution in [2.75, 3.05) is 13.2 Å². The van der Waals surface area contributed by atoms with E-state index in [0.29, 0.717) is 6.42 Å². The normalized spacial score (nSPS) is 20.1. The average Bonchev–Trinajstić information content (AvgIpc) is 3.02. The van der Waals surface area contributed by atoms with Gasteiger partial charge in [-0.15, -0.1) is 0 Å². The summed E-state index contributed by atoms with van der Waals surface area (Å²) >= 11 is 0. The number of unbranched alkanes of at least 4 members (excludes halogenated alkanes) is 8. The van der Waals surface area contributed by atoms with E-state index in [1.54, 1.807) is 0 Å². The number of aliphatic hydroxyl groups excluding tert-OH is 2. The monoisotopic (exact) mass is 332 g/mol. The molecule has 1 aliphatic rings. The van der Waals surface area contributed by atoms with Gasteiger partial charge in [-0.2, -0.15) is 0 Å². The van der Waals surface area contributed by atoms with Crippen LogP contribution in [0.25, 0.3) is 0 Å². The van der Waals surface area contributed by atoms with Gasteiger partial charge in [0.15, 0.2) is 0 Å². The third-order valence-electron chi connectivity index (χ3n) is 4.10. The van der Waals surface area contributed by atoms with Crippen LogP contribution in [0.5, 0.6) is 0 Å². The van der Waals surface area contributed by atoms with Gasteiger partial charge in [-0.1, -0.05) is 58.3 Å². The number of carbonyl (C=O) groups is 1. The topological polar surface area (TPSA) is 87.0 Å². The molecule has 23 heavy (non-hydrogen) atoms. The Morgan fingerprint density at radius 1 is 0.870 bits per heavy atom. The summed E-state index contributed by atoms with van der Waals surface area (Å²) in [6, 6.07) is 0. The first kappa shape index (κ1) is 22.4. The van der Waals surface area contributed by atoms with Gasteiger partial charge in [-0.05, 0) is 19.3 Å². The van der Waals surface area contributed by atoms with E-state index in [0.717, 1.165) is 25.7 Å². The molecule has 5 nitrogen and oxygen atoms in total. The van der Waals surface area contributed by atoms with Crippen LogP contribution in [0.2, 0.25) is 0 Å². The minimum atomic E-state index is -0.659. The van der Waals surface area contributed by atoms with Crippen LogP contribution in [0.3, 0.4) is 0 Å². The quantitative estimate of drug-likeness (QED) is 0.476. The second-order valence-electron chi connectivity index (χ2n) is 6.29. The number of rotatable bonds is 12. The lowest BCUT2D eigenvalue weighted by Gasteiger charge is -2.07. The van der Waals surface area contributed by atoms with Crippen molar-refractivity contribution in [1.82, 2.24) is 0 Å². The number of ether oxygens (including phenoxy) is 1. The number of hydrogen-bond acceptors (Lipinski definition) is 4. The Hall–Kier alpha value is -0.650. The van der Waals surface area contributed by atoms with Crippen molar-refractivity contribution in [1.29, 1.82) is 0 Å². The molecule has 0 saturated carbocycles. The molecule has 138 valence electrons. The molecule has 0 aliphatic carbocycles. The molecule has 0 aromatic rings. The first-order valence-corrected chi connectivity index (χ1v) is 9.23. The summed E-state index contributed by atoms with van der Waals surface area (Å²) in [6.07, 6.45) is 13.2. The second-order valence-corrected chi connectivity index (χ2v) is 6.29. The lowest BCUT2D eigenvalue weighted by Crippen LogP contribution is -2.16. The Labute approximate surface area is 141 Å². The maximum atomic E-state index is 10.2. The molecule has 0 bridgehead atoms. The predicted octanol–water partition coefficient (Wildman–Crippen LogP) is 3.51. The fraction of sp³-hybridized carbons (Fsp3) is 0.944. The molecule has 0 amide bonds. The fourth-order valence-electron chi connectivity index (χ4n) is 2.64. The van der Waals surface area contributed by atoms with Gasteiger partial charge < -0.3 is 20.1 Å². The number of carboxylic acid groups (broad SMARTS) is 1. The minimum Gasteiger partial charge on any atom is -0.481 e. The van der Waals surface area contributed by atoms with Gasteiger partial charge >= 0.3 is 5.97 Å². The van der Waals surface area contributed by atoms with E-state index >= 15 is 0 Å². The van der Waals surface area contributed by atoms with Gasteiger partial charge in [0.2, 0.25) is 0 Å². The Morgan fingerprint density at radius 3 is 1.65 bits per heavy atom. The summed E-state index contributed by atoms with van der Waals surface area (Å²) in [5, 5.41) is 25.6. The summed E-state index contributed by atoms with van der Waals surface area (Å²) < 4.78 is 5.16. The van der Waals surface area contributed by atoms with Crippen LogP contribution in [0, 0.1) is 0 Å². The van der Waals surface area contributed by atoms with Gasteiger partial charge in [0.1, 0.15) is 0 Å². The van der Waals surface area contributed by atoms with E-state index in [4.69, 9.17) is 20.1 Å². The molecule has 1 rings (SSSR count). The number of carboxylic acids is 1. The minimum absolute atomic E-state index is 0.0258. The van der Waals surface area contributed by atoms with Crippen molar-refractivity contribution >= 4 is 5.97 Å². The van der Waals surface area contributed by atoms with Crippen LogP contribution in [0.4, 0.5) is 0 Å². The third kappa shape index (κ3) is 14.7. The van der Waals surface area contributed by atoms with E-state index in [-0.39, 0.29) is 25.4 Å². The van der Waals surface area contributed by atoms with Crippen molar-refractivity contribution in [3.8, 4) is 0 Å². The zero-order valence-electron chi connectivity index (χ0n) is 14.7. The highest BCUT2D eigenvalue weighted by atomic mass is 16.5. The van der Waals surface area contributed by atoms with E-state index in [1.165, 1.54) is 44.9 Å². The van der Waals surface area contributed by atoms with Crippen molar-refractivity contribution in [2.24, 2.45) is 0 Å². The van der Waals surface area contributed by atoms with Crippen LogP contribution in [-0.4, -0.2) is 46.7 Å². The molecule has 5 heteroatoms. The average molecular weight is 332 g/mol. The van der Waals surface area contributed by atoms with E-state index in [2.05, 4.69) is 6.92 Å². The molecule has 1 saturated heterocycles. The van der Waals surface area contributed by atoms with Gasteiger partial charge in [-0.3, -0.25) is 4.79 Å². The zero-order chi connectivity index (χ0) is 17.3. The molecule has 0 aromatic heterocycles. The predicted molar refractivity (Wildman–Crippen MR) is 91.5 cm³/mol. The first-order chi connectivity index (χ1) is 11.1. The summed E-state index contributed by atoms with van der Waals surface area (Å²) in [5.74, 6) is -0.659. The maximum absolute atomic E-state index is 10.2. The van der Waals surface area contributed by atoms with Gasteiger partial charge in [-0.25, -0.2) is 0 Å². The molecular formula is C18H36O5. The number of hydrogen-bond donors (Lipinski definition) is 3. The molecule has 1 fully saturated rings. The Morgan fingerprint density at radius 2 is 1.30 bits per heavy atom. The first-order valence-electron chi connectivity index (χ1n) is 9.23. The Kier molecular flexibility index (Phi) is 15.8. The summed E-state index contributed by atoms with van der Waals surface area (Å²) in [7, 11) is 0. The van der Waals surface area contributed by atoms with Crippen LogP contribution in [0.15, 0.2) is 0 Å². The van der Waals surface area contributed by atoms with Crippen molar-refractivity contribution in [3.05, 3.63) is 0 Å². The van der Waals surface area contributed by atoms with Gasteiger partial charge in [0, 0.05) is 6.42 Å². The van der Waals surface area contributed by atoms with Crippen LogP contribution in [-0.2, 0) is 9.53 Å². The summed E-state index contributed by atoms with van der Waals surface area (Å²) in [4.78, 5) is 10.2. The molecule has 0 radical (unpaired) electrons. The molecule has 2 atom stereocenters. The SMILES string of the molecule is CCCCCCCCCCCC(=O)O.OCC1CCC(CO)O1. The molecule has 1 heterocycles. The standard InChI is InChI=1S/C12H24O2.C6H12O3/c1-2-3-4-5-6-7-8-9-10-11-12(13)14;7-3-5-1-2-6(4-8)9-5/h2-11H2,1H3,(H,13,14);5-8H,1-4H2. The highest BCUT2D eigenvalue weighted by Crippen LogP contribution is 2.18. The van der Waals surface area contributed by atoms with E-state index in [1.807, 2.05) is 0 Å². The van der Waals surface area contributed by atoms with Gasteiger partial charge in [0.25, 0.3) is 0 Å². The van der Waals surface area contributed by atoms with E-state index < -0.39 is 5.97 Å². The highest BCUT2D eigenvalue weighted by molar-refractivity contribution is 5.66.